The fourth-order valence-electron chi connectivity index (χ4n) is 2.95. The Bertz CT molecular complexity index is 1030. The Morgan fingerprint density at radius 1 is 1.00 bits per heavy atom. The summed E-state index contributed by atoms with van der Waals surface area (Å²) in [5, 5.41) is 0. The Labute approximate surface area is 155 Å². The smallest absolute Gasteiger partial charge is 0.347 e. The van der Waals surface area contributed by atoms with Crippen molar-refractivity contribution >= 4 is 23.4 Å². The number of allylic oxidation sites excluding steroid dienone is 2. The number of nitrogens with zero attached hydrogens (tertiary/aromatic N) is 1. The molecule has 1 aromatic carbocycles. The van der Waals surface area contributed by atoms with Crippen LogP contribution < -0.4 is 5.73 Å². The van der Waals surface area contributed by atoms with Crippen LogP contribution in [0.5, 0.6) is 0 Å². The van der Waals surface area contributed by atoms with E-state index in [1.807, 2.05) is 0 Å². The number of carbonyl (C=O) groups is 3. The number of carbonyl (C=O) groups excluding carboxylic acids is 3. The molecule has 1 fully saturated rings. The zero-order chi connectivity index (χ0) is 19.9. The van der Waals surface area contributed by atoms with Gasteiger partial charge in [-0.3, -0.25) is 4.79 Å². The number of esters is 2. The lowest BCUT2D eigenvalue weighted by Gasteiger charge is -2.03. The van der Waals surface area contributed by atoms with E-state index >= 15 is 0 Å². The van der Waals surface area contributed by atoms with Gasteiger partial charge < -0.3 is 14.9 Å². The molecule has 27 heavy (non-hydrogen) atoms. The summed E-state index contributed by atoms with van der Waals surface area (Å²) in [6.07, 6.45) is 0. The maximum Gasteiger partial charge on any atom is 0.347 e. The van der Waals surface area contributed by atoms with E-state index in [0.717, 1.165) is 0 Å². The Kier molecular flexibility index (Phi) is 4.53. The molecule has 0 atom stereocenters. The van der Waals surface area contributed by atoms with Crippen molar-refractivity contribution in [1.82, 2.24) is 4.98 Å². The lowest BCUT2D eigenvalue weighted by atomic mass is 9.97. The fourth-order valence-corrected chi connectivity index (χ4v) is 2.95. The van der Waals surface area contributed by atoms with Crippen LogP contribution in [0.15, 0.2) is 45.4 Å². The summed E-state index contributed by atoms with van der Waals surface area (Å²) >= 11 is 0. The average molecular weight is 366 g/mol. The van der Waals surface area contributed by atoms with Crippen molar-refractivity contribution in [1.29, 1.82) is 0 Å². The van der Waals surface area contributed by atoms with E-state index in [0.29, 0.717) is 39.6 Å². The van der Waals surface area contributed by atoms with Crippen molar-refractivity contribution in [3.05, 3.63) is 58.0 Å². The van der Waals surface area contributed by atoms with Crippen molar-refractivity contribution in [2.24, 2.45) is 5.73 Å². The van der Waals surface area contributed by atoms with Crippen molar-refractivity contribution in [3.8, 4) is 11.5 Å². The Balaban J connectivity index is 2.09. The predicted octanol–water partition coefficient (Wildman–Crippen LogP) is 2.94. The Hall–Kier alpha value is -3.48. The summed E-state index contributed by atoms with van der Waals surface area (Å²) in [7, 11) is 0. The van der Waals surface area contributed by atoms with Crippen LogP contribution in [0, 0.1) is 6.92 Å². The highest BCUT2D eigenvalue weighted by Gasteiger charge is 2.37. The molecule has 7 nitrogen and oxygen atoms in total. The van der Waals surface area contributed by atoms with E-state index in [4.69, 9.17) is 14.9 Å². The number of cyclic esters (lactones) is 2. The highest BCUT2D eigenvalue weighted by Crippen LogP contribution is 2.34. The molecule has 1 amide bonds. The maximum absolute atomic E-state index is 12.2. The van der Waals surface area contributed by atoms with Crippen LogP contribution >= 0.6 is 0 Å². The van der Waals surface area contributed by atoms with E-state index in [1.165, 1.54) is 0 Å². The minimum atomic E-state index is -0.691. The minimum Gasteiger partial charge on any atom is -0.441 e. The molecule has 0 spiro atoms. The summed E-state index contributed by atoms with van der Waals surface area (Å²) in [5.74, 6) is -1.05. The highest BCUT2D eigenvalue weighted by atomic mass is 16.6. The fraction of sp³-hybridized carbons (Fsp3) is 0.200. The molecule has 0 radical (unpaired) electrons. The van der Waals surface area contributed by atoms with Crippen LogP contribution in [0.4, 0.5) is 0 Å². The van der Waals surface area contributed by atoms with E-state index in [9.17, 15) is 14.4 Å². The van der Waals surface area contributed by atoms with Gasteiger partial charge in [0, 0.05) is 11.1 Å². The van der Waals surface area contributed by atoms with Gasteiger partial charge in [0.15, 0.2) is 0 Å². The van der Waals surface area contributed by atoms with Crippen LogP contribution in [0.2, 0.25) is 0 Å². The molecule has 0 bridgehead atoms. The molecule has 2 heterocycles. The van der Waals surface area contributed by atoms with Gasteiger partial charge in [-0.15, -0.1) is 0 Å². The SMILES string of the molecule is CC(C)=C1C(=O)OC(=O)/C1=C(/C)c1nc(-c2ccc(C(N)=O)cc2)oc1C. The number of aryl methyl sites for hydroxylation is 1. The normalized spacial score (nSPS) is 15.8. The molecule has 3 rings (SSSR count). The number of oxazole rings is 1. The van der Waals surface area contributed by atoms with E-state index < -0.39 is 17.8 Å². The molecule has 1 aromatic heterocycles. The molecule has 1 aliphatic heterocycles. The molecular formula is C20H18N2O5. The number of hydrogen-bond acceptors (Lipinski definition) is 6. The number of ether oxygens (including phenoxy) is 1. The standard InChI is InChI=1S/C20H18N2O5/c1-9(2)14-15(20(25)27-19(14)24)10(3)16-11(4)26-18(22-16)13-7-5-12(6-8-13)17(21)23/h5-8H,1-4H3,(H2,21,23)/b15-10-. The molecular weight excluding hydrogens is 348 g/mol. The van der Waals surface area contributed by atoms with Gasteiger partial charge in [0.2, 0.25) is 11.8 Å². The predicted molar refractivity (Wildman–Crippen MR) is 97.3 cm³/mol. The second-order valence-electron chi connectivity index (χ2n) is 6.42. The number of hydrogen-bond donors (Lipinski definition) is 1. The van der Waals surface area contributed by atoms with Gasteiger partial charge in [-0.2, -0.15) is 0 Å². The molecule has 1 aliphatic rings. The topological polar surface area (TPSA) is 112 Å². The van der Waals surface area contributed by atoms with E-state index in [1.54, 1.807) is 52.0 Å². The van der Waals surface area contributed by atoms with Crippen LogP contribution in [-0.2, 0) is 14.3 Å². The molecule has 1 saturated heterocycles. The Morgan fingerprint density at radius 3 is 2.15 bits per heavy atom. The first-order valence-electron chi connectivity index (χ1n) is 8.24. The monoisotopic (exact) mass is 366 g/mol. The summed E-state index contributed by atoms with van der Waals surface area (Å²) < 4.78 is 10.5. The van der Waals surface area contributed by atoms with Gasteiger partial charge in [-0.1, -0.05) is 5.57 Å². The van der Waals surface area contributed by atoms with Crippen molar-refractivity contribution in [3.63, 3.8) is 0 Å². The highest BCUT2D eigenvalue weighted by molar-refractivity contribution is 6.22. The van der Waals surface area contributed by atoms with Crippen LogP contribution in [-0.4, -0.2) is 22.8 Å². The zero-order valence-electron chi connectivity index (χ0n) is 15.4. The zero-order valence-corrected chi connectivity index (χ0v) is 15.4. The second kappa shape index (κ2) is 6.68. The third-order valence-corrected chi connectivity index (χ3v) is 4.29. The lowest BCUT2D eigenvalue weighted by Crippen LogP contribution is -2.10. The summed E-state index contributed by atoms with van der Waals surface area (Å²) in [6, 6.07) is 6.51. The van der Waals surface area contributed by atoms with Gasteiger partial charge >= 0.3 is 11.9 Å². The number of primary amides is 1. The molecule has 0 saturated carbocycles. The summed E-state index contributed by atoms with van der Waals surface area (Å²) in [4.78, 5) is 39.8. The number of nitrogens with two attached hydrogens (primary N) is 1. The lowest BCUT2D eigenvalue weighted by molar-refractivity contribution is -0.149. The molecule has 2 aromatic rings. The maximum atomic E-state index is 12.2. The largest absolute Gasteiger partial charge is 0.441 e. The van der Waals surface area contributed by atoms with Gasteiger partial charge in [0.25, 0.3) is 0 Å². The summed E-state index contributed by atoms with van der Waals surface area (Å²) in [5.41, 5.74) is 8.38. The molecule has 7 heteroatoms. The number of rotatable bonds is 3. The quantitative estimate of drug-likeness (QED) is 0.508. The van der Waals surface area contributed by atoms with Gasteiger partial charge in [-0.05, 0) is 57.5 Å². The first kappa shape index (κ1) is 18.3. The second-order valence-corrected chi connectivity index (χ2v) is 6.42. The van der Waals surface area contributed by atoms with Gasteiger partial charge in [0.1, 0.15) is 11.5 Å². The third kappa shape index (κ3) is 3.19. The van der Waals surface area contributed by atoms with Crippen molar-refractivity contribution < 1.29 is 23.5 Å². The molecule has 0 aliphatic carbocycles. The van der Waals surface area contributed by atoms with Gasteiger partial charge in [0.05, 0.1) is 11.1 Å². The molecule has 138 valence electrons. The molecule has 0 unspecified atom stereocenters. The van der Waals surface area contributed by atoms with E-state index in [-0.39, 0.29) is 11.1 Å². The third-order valence-electron chi connectivity index (χ3n) is 4.29. The number of amides is 1. The first-order chi connectivity index (χ1) is 12.7. The minimum absolute atomic E-state index is 0.201. The van der Waals surface area contributed by atoms with Crippen LogP contribution in [0.1, 0.15) is 42.6 Å². The molecule has 2 N–H and O–H groups in total. The van der Waals surface area contributed by atoms with Gasteiger partial charge in [-0.25, -0.2) is 14.6 Å². The van der Waals surface area contributed by atoms with Crippen LogP contribution in [0.3, 0.4) is 0 Å². The van der Waals surface area contributed by atoms with Crippen LogP contribution in [0.25, 0.3) is 17.0 Å². The number of aromatic nitrogens is 1. The van der Waals surface area contributed by atoms with Crippen molar-refractivity contribution in [2.45, 2.75) is 27.7 Å². The Morgan fingerprint density at radius 2 is 1.59 bits per heavy atom. The average Bonchev–Trinajstić information content (AvgIpc) is 3.13. The number of benzene rings is 1. The summed E-state index contributed by atoms with van der Waals surface area (Å²) in [6.45, 7) is 6.90. The first-order valence-corrected chi connectivity index (χ1v) is 8.24. The van der Waals surface area contributed by atoms with E-state index in [2.05, 4.69) is 4.98 Å². The van der Waals surface area contributed by atoms with Crippen molar-refractivity contribution in [2.75, 3.05) is 0 Å².